The molecule has 5 nitrogen and oxygen atoms in total. The van der Waals surface area contributed by atoms with Gasteiger partial charge in [0.25, 0.3) is 0 Å². The fourth-order valence-electron chi connectivity index (χ4n) is 1.82. The highest BCUT2D eigenvalue weighted by Crippen LogP contribution is 2.22. The lowest BCUT2D eigenvalue weighted by molar-refractivity contribution is 0.240. The number of carbonyl (C=O) groups is 1. The lowest BCUT2D eigenvalue weighted by Crippen LogP contribution is -2.35. The first-order valence-corrected chi connectivity index (χ1v) is 7.05. The normalized spacial score (nSPS) is 10.1. The maximum Gasteiger partial charge on any atom is 0.315 e. The van der Waals surface area contributed by atoms with Crippen molar-refractivity contribution in [1.82, 2.24) is 10.6 Å². The summed E-state index contributed by atoms with van der Waals surface area (Å²) in [6.45, 7) is 3.10. The number of carbonyl (C=O) groups excluding carboxylic acids is 1. The Labute approximate surface area is 120 Å². The van der Waals surface area contributed by atoms with Crippen LogP contribution in [0.15, 0.2) is 18.2 Å². The molecule has 0 atom stereocenters. The number of methoxy groups -OCH3 is 1. The molecule has 0 unspecified atom stereocenters. The number of amides is 2. The van der Waals surface area contributed by atoms with E-state index in [1.807, 2.05) is 0 Å². The van der Waals surface area contributed by atoms with Gasteiger partial charge in [-0.2, -0.15) is 0 Å². The molecule has 0 saturated heterocycles. The summed E-state index contributed by atoms with van der Waals surface area (Å²) in [6.07, 6.45) is 4.50. The minimum atomic E-state index is -0.219. The molecule has 0 aliphatic carbocycles. The summed E-state index contributed by atoms with van der Waals surface area (Å²) in [4.78, 5) is 11.6. The first-order valence-electron chi connectivity index (χ1n) is 7.05. The van der Waals surface area contributed by atoms with E-state index in [4.69, 9.17) is 4.74 Å². The summed E-state index contributed by atoms with van der Waals surface area (Å²) < 4.78 is 5.08. The van der Waals surface area contributed by atoms with Crippen molar-refractivity contribution in [2.45, 2.75) is 39.2 Å². The van der Waals surface area contributed by atoms with Crippen molar-refractivity contribution in [1.29, 1.82) is 0 Å². The van der Waals surface area contributed by atoms with Crippen LogP contribution in [0.3, 0.4) is 0 Å². The van der Waals surface area contributed by atoms with Crippen molar-refractivity contribution in [3.8, 4) is 11.5 Å². The maximum atomic E-state index is 11.6. The fourth-order valence-corrected chi connectivity index (χ4v) is 1.82. The second-order valence-corrected chi connectivity index (χ2v) is 4.66. The van der Waals surface area contributed by atoms with Crippen LogP contribution in [-0.2, 0) is 6.54 Å². The Balaban J connectivity index is 2.30. The molecule has 20 heavy (non-hydrogen) atoms. The van der Waals surface area contributed by atoms with Crippen molar-refractivity contribution in [3.63, 3.8) is 0 Å². The highest BCUT2D eigenvalue weighted by molar-refractivity contribution is 5.73. The van der Waals surface area contributed by atoms with Crippen LogP contribution in [0.25, 0.3) is 0 Å². The molecule has 0 radical (unpaired) electrons. The molecule has 1 aromatic rings. The molecule has 0 heterocycles. The molecule has 1 rings (SSSR count). The number of phenolic OH excluding ortho intramolecular Hbond substituents is 1. The highest BCUT2D eigenvalue weighted by atomic mass is 16.5. The van der Waals surface area contributed by atoms with Gasteiger partial charge in [-0.3, -0.25) is 0 Å². The monoisotopic (exact) mass is 280 g/mol. The van der Waals surface area contributed by atoms with Crippen LogP contribution in [-0.4, -0.2) is 24.8 Å². The zero-order chi connectivity index (χ0) is 14.8. The molecule has 5 heteroatoms. The van der Waals surface area contributed by atoms with E-state index in [9.17, 15) is 9.90 Å². The summed E-state index contributed by atoms with van der Waals surface area (Å²) in [5.41, 5.74) is 0.630. The number of benzene rings is 1. The first kappa shape index (κ1) is 16.1. The lowest BCUT2D eigenvalue weighted by atomic mass is 10.2. The van der Waals surface area contributed by atoms with Crippen LogP contribution in [0.4, 0.5) is 4.79 Å². The summed E-state index contributed by atoms with van der Waals surface area (Å²) >= 11 is 0. The summed E-state index contributed by atoms with van der Waals surface area (Å²) in [5.74, 6) is 0.800. The second-order valence-electron chi connectivity index (χ2n) is 4.66. The van der Waals surface area contributed by atoms with Gasteiger partial charge in [-0.25, -0.2) is 4.79 Å². The lowest BCUT2D eigenvalue weighted by Gasteiger charge is -2.10. The molecule has 2 amide bonds. The van der Waals surface area contributed by atoms with Gasteiger partial charge in [-0.15, -0.1) is 0 Å². The molecule has 0 aliphatic rings. The van der Waals surface area contributed by atoms with Crippen molar-refractivity contribution in [2.24, 2.45) is 0 Å². The van der Waals surface area contributed by atoms with Gasteiger partial charge in [0.1, 0.15) is 11.5 Å². The topological polar surface area (TPSA) is 70.6 Å². The van der Waals surface area contributed by atoms with Crippen LogP contribution in [0.5, 0.6) is 11.5 Å². The third-order valence-electron chi connectivity index (χ3n) is 3.04. The molecular formula is C15H24N2O3. The van der Waals surface area contributed by atoms with E-state index in [0.29, 0.717) is 17.9 Å². The van der Waals surface area contributed by atoms with Gasteiger partial charge < -0.3 is 20.5 Å². The van der Waals surface area contributed by atoms with E-state index in [1.54, 1.807) is 25.3 Å². The molecule has 0 fully saturated rings. The van der Waals surface area contributed by atoms with Crippen molar-refractivity contribution >= 4 is 6.03 Å². The maximum absolute atomic E-state index is 11.6. The van der Waals surface area contributed by atoms with Crippen LogP contribution in [0.2, 0.25) is 0 Å². The van der Waals surface area contributed by atoms with Gasteiger partial charge in [0.2, 0.25) is 0 Å². The molecule has 3 N–H and O–H groups in total. The van der Waals surface area contributed by atoms with E-state index >= 15 is 0 Å². The molecule has 0 saturated carbocycles. The fraction of sp³-hybridized carbons (Fsp3) is 0.533. The zero-order valence-corrected chi connectivity index (χ0v) is 12.2. The average molecular weight is 280 g/mol. The van der Waals surface area contributed by atoms with Gasteiger partial charge in [0, 0.05) is 18.7 Å². The predicted molar refractivity (Wildman–Crippen MR) is 79.0 cm³/mol. The number of aromatic hydroxyl groups is 1. The first-order chi connectivity index (χ1) is 9.67. The van der Waals surface area contributed by atoms with Gasteiger partial charge in [0.15, 0.2) is 0 Å². The van der Waals surface area contributed by atoms with Crippen molar-refractivity contribution < 1.29 is 14.6 Å². The minimum Gasteiger partial charge on any atom is -0.508 e. The van der Waals surface area contributed by atoms with E-state index in [0.717, 1.165) is 12.8 Å². The van der Waals surface area contributed by atoms with Gasteiger partial charge >= 0.3 is 6.03 Å². The highest BCUT2D eigenvalue weighted by Gasteiger charge is 2.05. The minimum absolute atomic E-state index is 0.147. The Morgan fingerprint density at radius 3 is 2.75 bits per heavy atom. The predicted octanol–water partition coefficient (Wildman–Crippen LogP) is 2.78. The number of nitrogens with one attached hydrogen (secondary N) is 2. The molecule has 0 bridgehead atoms. The SMILES string of the molecule is CCCCCCNC(=O)NCc1cc(OC)ccc1O. The molecule has 112 valence electrons. The van der Waals surface area contributed by atoms with Crippen LogP contribution in [0, 0.1) is 0 Å². The number of phenols is 1. The van der Waals surface area contributed by atoms with Crippen LogP contribution >= 0.6 is 0 Å². The molecule has 0 aliphatic heterocycles. The molecule has 1 aromatic carbocycles. The standard InChI is InChI=1S/C15H24N2O3/c1-3-4-5-6-9-16-15(19)17-11-12-10-13(20-2)7-8-14(12)18/h7-8,10,18H,3-6,9,11H2,1-2H3,(H2,16,17,19). The number of ether oxygens (including phenoxy) is 1. The molecule has 0 spiro atoms. The number of hydrogen-bond donors (Lipinski definition) is 3. The number of urea groups is 1. The quantitative estimate of drug-likeness (QED) is 0.641. The van der Waals surface area contributed by atoms with Gasteiger partial charge in [-0.05, 0) is 24.6 Å². The molecule has 0 aromatic heterocycles. The smallest absolute Gasteiger partial charge is 0.315 e. The van der Waals surface area contributed by atoms with Crippen LogP contribution < -0.4 is 15.4 Å². The van der Waals surface area contributed by atoms with E-state index < -0.39 is 0 Å². The summed E-state index contributed by atoms with van der Waals surface area (Å²) in [5, 5.41) is 15.2. The Morgan fingerprint density at radius 1 is 1.25 bits per heavy atom. The Hall–Kier alpha value is -1.91. The van der Waals surface area contributed by atoms with Gasteiger partial charge in [0.05, 0.1) is 7.11 Å². The van der Waals surface area contributed by atoms with Crippen LogP contribution in [0.1, 0.15) is 38.2 Å². The number of rotatable bonds is 8. The average Bonchev–Trinajstić information content (AvgIpc) is 2.46. The van der Waals surface area contributed by atoms with Crippen molar-refractivity contribution in [3.05, 3.63) is 23.8 Å². The van der Waals surface area contributed by atoms with E-state index in [2.05, 4.69) is 17.6 Å². The Morgan fingerprint density at radius 2 is 2.05 bits per heavy atom. The second kappa shape index (κ2) is 9.07. The number of hydrogen-bond acceptors (Lipinski definition) is 3. The summed E-state index contributed by atoms with van der Waals surface area (Å²) in [7, 11) is 1.56. The van der Waals surface area contributed by atoms with E-state index in [1.165, 1.54) is 12.8 Å². The Kier molecular flexibility index (Phi) is 7.32. The zero-order valence-electron chi connectivity index (χ0n) is 12.2. The van der Waals surface area contributed by atoms with Gasteiger partial charge in [-0.1, -0.05) is 26.2 Å². The largest absolute Gasteiger partial charge is 0.508 e. The number of unbranched alkanes of at least 4 members (excludes halogenated alkanes) is 3. The third kappa shape index (κ3) is 5.82. The molecular weight excluding hydrogens is 256 g/mol. The van der Waals surface area contributed by atoms with E-state index in [-0.39, 0.29) is 18.3 Å². The third-order valence-corrected chi connectivity index (χ3v) is 3.04. The Bertz CT molecular complexity index is 422. The van der Waals surface area contributed by atoms with Crippen molar-refractivity contribution in [2.75, 3.05) is 13.7 Å². The summed E-state index contributed by atoms with van der Waals surface area (Å²) in [6, 6.07) is 4.71.